The Hall–Kier alpha value is -2.20. The molecule has 3 heteroatoms. The van der Waals surface area contributed by atoms with E-state index in [4.69, 9.17) is 0 Å². The van der Waals surface area contributed by atoms with Crippen molar-refractivity contribution in [1.29, 1.82) is 0 Å². The van der Waals surface area contributed by atoms with Gasteiger partial charge in [0.05, 0.1) is 6.10 Å². The minimum Gasteiger partial charge on any atom is -0.387 e. The average Bonchev–Trinajstić information content (AvgIpc) is 3.20. The summed E-state index contributed by atoms with van der Waals surface area (Å²) >= 11 is 1.74. The molecule has 0 aliphatic rings. The maximum Gasteiger partial charge on any atom is 0.0940 e. The number of rotatable bonds is 7. The number of aliphatic hydroxyl groups excluding tert-OH is 1. The molecular formula is C22H23NOS. The Bertz CT molecular complexity index is 781. The Morgan fingerprint density at radius 3 is 2.32 bits per heavy atom. The summed E-state index contributed by atoms with van der Waals surface area (Å²) in [5, 5.41) is 16.0. The van der Waals surface area contributed by atoms with Crippen molar-refractivity contribution in [3.05, 3.63) is 100 Å². The minimum atomic E-state index is -0.517. The summed E-state index contributed by atoms with van der Waals surface area (Å²) in [5.41, 5.74) is 3.38. The predicted molar refractivity (Wildman–Crippen MR) is 107 cm³/mol. The van der Waals surface area contributed by atoms with E-state index in [0.29, 0.717) is 6.54 Å². The molecule has 0 saturated carbocycles. The third-order valence-electron chi connectivity index (χ3n) is 4.23. The van der Waals surface area contributed by atoms with Crippen LogP contribution in [0, 0.1) is 0 Å². The number of hydrogen-bond acceptors (Lipinski definition) is 3. The standard InChI is InChI=1S/C22H23NOS/c1-17(22(24)19-11-6-3-7-12-19)23-15-14-20(21-13-8-16-25-21)18-9-4-2-5-10-18/h2-14,16-17,22-24H,15H2,1H3/b20-14-. The Morgan fingerprint density at radius 1 is 1.00 bits per heavy atom. The van der Waals surface area contributed by atoms with Crippen LogP contribution >= 0.6 is 11.3 Å². The summed E-state index contributed by atoms with van der Waals surface area (Å²) in [5.74, 6) is 0. The molecule has 0 amide bonds. The highest BCUT2D eigenvalue weighted by Gasteiger charge is 2.15. The highest BCUT2D eigenvalue weighted by atomic mass is 32.1. The molecule has 2 N–H and O–H groups in total. The molecular weight excluding hydrogens is 326 g/mol. The van der Waals surface area contributed by atoms with Gasteiger partial charge in [-0.1, -0.05) is 72.8 Å². The lowest BCUT2D eigenvalue weighted by Gasteiger charge is -2.20. The number of hydrogen-bond donors (Lipinski definition) is 2. The van der Waals surface area contributed by atoms with E-state index in [1.165, 1.54) is 16.0 Å². The third kappa shape index (κ3) is 4.67. The van der Waals surface area contributed by atoms with Crippen LogP contribution in [0.2, 0.25) is 0 Å². The molecule has 0 saturated heterocycles. The molecule has 1 heterocycles. The zero-order valence-corrected chi connectivity index (χ0v) is 15.1. The SMILES string of the molecule is CC(NC/C=C(/c1ccccc1)c1cccs1)C(O)c1ccccc1. The maximum absolute atomic E-state index is 10.5. The number of thiophene rings is 1. The van der Waals surface area contributed by atoms with Gasteiger partial charge in [0.15, 0.2) is 0 Å². The van der Waals surface area contributed by atoms with Gasteiger partial charge in [-0.2, -0.15) is 0 Å². The van der Waals surface area contributed by atoms with E-state index in [-0.39, 0.29) is 6.04 Å². The van der Waals surface area contributed by atoms with Crippen LogP contribution in [-0.4, -0.2) is 17.7 Å². The second-order valence-electron chi connectivity index (χ2n) is 6.01. The smallest absolute Gasteiger partial charge is 0.0940 e. The highest BCUT2D eigenvalue weighted by molar-refractivity contribution is 7.11. The third-order valence-corrected chi connectivity index (χ3v) is 5.14. The van der Waals surface area contributed by atoms with Crippen LogP contribution in [0.15, 0.2) is 84.3 Å². The lowest BCUT2D eigenvalue weighted by molar-refractivity contribution is 0.138. The lowest BCUT2D eigenvalue weighted by Crippen LogP contribution is -2.32. The molecule has 0 fully saturated rings. The van der Waals surface area contributed by atoms with Gasteiger partial charge in [-0.3, -0.25) is 0 Å². The fraction of sp³-hybridized carbons (Fsp3) is 0.182. The first-order chi connectivity index (χ1) is 12.3. The maximum atomic E-state index is 10.5. The molecule has 3 rings (SSSR count). The van der Waals surface area contributed by atoms with Crippen LogP contribution in [0.1, 0.15) is 29.0 Å². The van der Waals surface area contributed by atoms with E-state index in [1.54, 1.807) is 11.3 Å². The van der Waals surface area contributed by atoms with Gasteiger partial charge >= 0.3 is 0 Å². The summed E-state index contributed by atoms with van der Waals surface area (Å²) in [6.45, 7) is 2.71. The lowest BCUT2D eigenvalue weighted by atomic mass is 10.0. The number of nitrogens with one attached hydrogen (secondary N) is 1. The van der Waals surface area contributed by atoms with Crippen LogP contribution in [0.25, 0.3) is 5.57 Å². The van der Waals surface area contributed by atoms with E-state index in [9.17, 15) is 5.11 Å². The van der Waals surface area contributed by atoms with Crippen molar-refractivity contribution < 1.29 is 5.11 Å². The van der Waals surface area contributed by atoms with Crippen LogP contribution in [0.4, 0.5) is 0 Å². The van der Waals surface area contributed by atoms with Crippen LogP contribution in [0.5, 0.6) is 0 Å². The highest BCUT2D eigenvalue weighted by Crippen LogP contribution is 2.27. The van der Waals surface area contributed by atoms with Crippen molar-refractivity contribution in [2.45, 2.75) is 19.1 Å². The van der Waals surface area contributed by atoms with Crippen molar-refractivity contribution in [2.24, 2.45) is 0 Å². The largest absolute Gasteiger partial charge is 0.387 e. The van der Waals surface area contributed by atoms with E-state index in [2.05, 4.69) is 53.2 Å². The first-order valence-corrected chi connectivity index (χ1v) is 9.39. The van der Waals surface area contributed by atoms with Crippen molar-refractivity contribution in [1.82, 2.24) is 5.32 Å². The van der Waals surface area contributed by atoms with Crippen LogP contribution < -0.4 is 5.32 Å². The van der Waals surface area contributed by atoms with Crippen molar-refractivity contribution in [3.8, 4) is 0 Å². The number of aliphatic hydroxyl groups is 1. The molecule has 0 aliphatic carbocycles. The summed E-state index contributed by atoms with van der Waals surface area (Å²) in [4.78, 5) is 1.25. The molecule has 1 aromatic heterocycles. The topological polar surface area (TPSA) is 32.3 Å². The van der Waals surface area contributed by atoms with Gasteiger partial charge in [0.1, 0.15) is 0 Å². The molecule has 0 radical (unpaired) electrons. The number of benzene rings is 2. The molecule has 2 nitrogen and oxygen atoms in total. The Kier molecular flexibility index (Phi) is 6.18. The van der Waals surface area contributed by atoms with E-state index in [1.807, 2.05) is 43.3 Å². The second-order valence-corrected chi connectivity index (χ2v) is 6.96. The fourth-order valence-corrected chi connectivity index (χ4v) is 3.60. The van der Waals surface area contributed by atoms with Crippen molar-refractivity contribution >= 4 is 16.9 Å². The molecule has 25 heavy (non-hydrogen) atoms. The molecule has 2 atom stereocenters. The average molecular weight is 349 g/mol. The second kappa shape index (κ2) is 8.77. The zero-order valence-electron chi connectivity index (χ0n) is 14.3. The van der Waals surface area contributed by atoms with E-state index >= 15 is 0 Å². The molecule has 3 aromatic rings. The zero-order chi connectivity index (χ0) is 17.5. The van der Waals surface area contributed by atoms with E-state index in [0.717, 1.165) is 5.56 Å². The van der Waals surface area contributed by atoms with Gasteiger partial charge < -0.3 is 10.4 Å². The van der Waals surface area contributed by atoms with Crippen molar-refractivity contribution in [3.63, 3.8) is 0 Å². The van der Waals surface area contributed by atoms with Gasteiger partial charge in [-0.05, 0) is 35.1 Å². The predicted octanol–water partition coefficient (Wildman–Crippen LogP) is 4.89. The first kappa shape index (κ1) is 17.6. The summed E-state index contributed by atoms with van der Waals surface area (Å²) in [6.07, 6.45) is 1.69. The molecule has 2 unspecified atom stereocenters. The summed E-state index contributed by atoms with van der Waals surface area (Å²) in [6, 6.07) is 24.4. The Balaban J connectivity index is 1.70. The van der Waals surface area contributed by atoms with Crippen LogP contribution in [0.3, 0.4) is 0 Å². The molecule has 2 aromatic carbocycles. The quantitative estimate of drug-likeness (QED) is 0.636. The normalized spacial score (nSPS) is 14.2. The van der Waals surface area contributed by atoms with Gasteiger partial charge in [-0.15, -0.1) is 11.3 Å². The Morgan fingerprint density at radius 2 is 1.68 bits per heavy atom. The first-order valence-electron chi connectivity index (χ1n) is 8.51. The van der Waals surface area contributed by atoms with Gasteiger partial charge in [0.25, 0.3) is 0 Å². The summed E-state index contributed by atoms with van der Waals surface area (Å²) in [7, 11) is 0. The minimum absolute atomic E-state index is 0.0287. The molecule has 0 aliphatic heterocycles. The van der Waals surface area contributed by atoms with Gasteiger partial charge in [0.2, 0.25) is 0 Å². The van der Waals surface area contributed by atoms with Gasteiger partial charge in [-0.25, -0.2) is 0 Å². The van der Waals surface area contributed by atoms with Crippen molar-refractivity contribution in [2.75, 3.05) is 6.54 Å². The van der Waals surface area contributed by atoms with E-state index < -0.39 is 6.10 Å². The Labute approximate surface area is 153 Å². The van der Waals surface area contributed by atoms with Gasteiger partial charge in [0, 0.05) is 17.5 Å². The monoisotopic (exact) mass is 349 g/mol. The molecule has 0 bridgehead atoms. The fourth-order valence-electron chi connectivity index (χ4n) is 2.81. The summed E-state index contributed by atoms with van der Waals surface area (Å²) < 4.78 is 0. The molecule has 128 valence electrons. The molecule has 0 spiro atoms. The van der Waals surface area contributed by atoms with Crippen LogP contribution in [-0.2, 0) is 0 Å².